The van der Waals surface area contributed by atoms with E-state index < -0.39 is 17.2 Å². The van der Waals surface area contributed by atoms with Crippen LogP contribution in [0.1, 0.15) is 33.6 Å². The summed E-state index contributed by atoms with van der Waals surface area (Å²) in [5, 5.41) is 0. The van der Waals surface area contributed by atoms with Gasteiger partial charge in [0.15, 0.2) is 17.4 Å². The number of likely N-dealkylation sites (tertiary alicyclic amines) is 1. The molecule has 138 valence electrons. The third-order valence-corrected chi connectivity index (χ3v) is 5.06. The molecule has 0 spiro atoms. The number of carbonyl (C=O) groups excluding carboxylic acids is 1. The summed E-state index contributed by atoms with van der Waals surface area (Å²) in [6, 6.07) is 2.39. The Labute approximate surface area is 154 Å². The molecule has 2 aliphatic rings. The normalized spacial score (nSPS) is 25.8. The van der Waals surface area contributed by atoms with Crippen molar-refractivity contribution in [3.8, 4) is 5.75 Å². The van der Waals surface area contributed by atoms with Gasteiger partial charge in [-0.1, -0.05) is 15.9 Å². The van der Waals surface area contributed by atoms with Crippen LogP contribution in [0.25, 0.3) is 0 Å². The molecule has 0 bridgehead atoms. The summed E-state index contributed by atoms with van der Waals surface area (Å²) < 4.78 is 39.2. The molecule has 1 saturated heterocycles. The average Bonchev–Trinajstić information content (AvgIpc) is 2.98. The van der Waals surface area contributed by atoms with Crippen LogP contribution in [0.2, 0.25) is 0 Å². The van der Waals surface area contributed by atoms with Crippen molar-refractivity contribution in [2.24, 2.45) is 11.8 Å². The number of benzene rings is 1. The number of ether oxygens (including phenoxy) is 2. The van der Waals surface area contributed by atoms with Gasteiger partial charge in [0.05, 0.1) is 6.10 Å². The Bertz CT molecular complexity index is 640. The molecule has 2 atom stereocenters. The highest BCUT2D eigenvalue weighted by molar-refractivity contribution is 9.10. The number of halogens is 3. The van der Waals surface area contributed by atoms with Gasteiger partial charge in [-0.05, 0) is 57.6 Å². The van der Waals surface area contributed by atoms with Gasteiger partial charge < -0.3 is 14.4 Å². The molecule has 0 radical (unpaired) electrons. The molecular weight excluding hydrogens is 396 g/mol. The van der Waals surface area contributed by atoms with Crippen LogP contribution in [0.4, 0.5) is 13.6 Å². The predicted molar refractivity (Wildman–Crippen MR) is 92.5 cm³/mol. The quantitative estimate of drug-likeness (QED) is 0.696. The summed E-state index contributed by atoms with van der Waals surface area (Å²) in [6.45, 7) is 6.72. The maximum absolute atomic E-state index is 13.9. The van der Waals surface area contributed by atoms with E-state index in [0.717, 1.165) is 0 Å². The Kier molecular flexibility index (Phi) is 4.97. The van der Waals surface area contributed by atoms with Crippen molar-refractivity contribution in [1.82, 2.24) is 4.90 Å². The Hall–Kier alpha value is -1.37. The fourth-order valence-corrected chi connectivity index (χ4v) is 4.03. The molecule has 0 aromatic heterocycles. The zero-order chi connectivity index (χ0) is 18.4. The maximum atomic E-state index is 13.9. The summed E-state index contributed by atoms with van der Waals surface area (Å²) >= 11 is 3.06. The summed E-state index contributed by atoms with van der Waals surface area (Å²) in [5.41, 5.74) is -0.517. The number of fused-ring (bicyclic) bond motifs is 1. The zero-order valence-electron chi connectivity index (χ0n) is 14.5. The number of rotatable bonds is 2. The molecule has 1 amide bonds. The second kappa shape index (κ2) is 6.74. The van der Waals surface area contributed by atoms with Crippen LogP contribution in [0, 0.1) is 23.5 Å². The third-order valence-electron chi connectivity index (χ3n) is 4.61. The molecule has 1 heterocycles. The van der Waals surface area contributed by atoms with Gasteiger partial charge in [-0.15, -0.1) is 0 Å². The fraction of sp³-hybridized carbons (Fsp3) is 0.611. The fourth-order valence-electron chi connectivity index (χ4n) is 3.62. The highest BCUT2D eigenvalue weighted by Gasteiger charge is 2.44. The van der Waals surface area contributed by atoms with Gasteiger partial charge >= 0.3 is 6.09 Å². The number of hydrogen-bond acceptors (Lipinski definition) is 3. The first-order chi connectivity index (χ1) is 11.6. The molecule has 4 nitrogen and oxygen atoms in total. The van der Waals surface area contributed by atoms with Gasteiger partial charge in [-0.25, -0.2) is 13.6 Å². The van der Waals surface area contributed by atoms with Crippen LogP contribution >= 0.6 is 15.9 Å². The molecule has 2 unspecified atom stereocenters. The molecule has 1 saturated carbocycles. The average molecular weight is 418 g/mol. The van der Waals surface area contributed by atoms with E-state index >= 15 is 0 Å². The molecule has 2 fully saturated rings. The van der Waals surface area contributed by atoms with E-state index in [0.29, 0.717) is 30.4 Å². The van der Waals surface area contributed by atoms with Crippen molar-refractivity contribution in [1.29, 1.82) is 0 Å². The Morgan fingerprint density at radius 2 is 1.68 bits per heavy atom. The first kappa shape index (κ1) is 18.4. The number of carbonyl (C=O) groups is 1. The lowest BCUT2D eigenvalue weighted by Gasteiger charge is -2.25. The number of hydrogen-bond donors (Lipinski definition) is 0. The molecule has 0 N–H and O–H groups in total. The lowest BCUT2D eigenvalue weighted by Crippen LogP contribution is -2.36. The predicted octanol–water partition coefficient (Wildman–Crippen LogP) is 4.75. The van der Waals surface area contributed by atoms with Crippen molar-refractivity contribution >= 4 is 22.0 Å². The summed E-state index contributed by atoms with van der Waals surface area (Å²) in [7, 11) is 0. The van der Waals surface area contributed by atoms with Crippen LogP contribution < -0.4 is 4.74 Å². The Morgan fingerprint density at radius 3 is 2.16 bits per heavy atom. The SMILES string of the molecule is CC(C)(C)OC(=O)N1CC2CC(Oc3c(F)cc(Br)cc3F)CC2C1. The van der Waals surface area contributed by atoms with Crippen molar-refractivity contribution in [2.75, 3.05) is 13.1 Å². The van der Waals surface area contributed by atoms with E-state index in [-0.39, 0.29) is 29.8 Å². The lowest BCUT2D eigenvalue weighted by molar-refractivity contribution is 0.0271. The van der Waals surface area contributed by atoms with E-state index in [1.54, 1.807) is 4.90 Å². The Morgan fingerprint density at radius 1 is 1.16 bits per heavy atom. The summed E-state index contributed by atoms with van der Waals surface area (Å²) in [4.78, 5) is 13.9. The zero-order valence-corrected chi connectivity index (χ0v) is 16.1. The third kappa shape index (κ3) is 4.25. The Balaban J connectivity index is 1.58. The van der Waals surface area contributed by atoms with Crippen LogP contribution in [-0.2, 0) is 4.74 Å². The summed E-state index contributed by atoms with van der Waals surface area (Å²) in [6.07, 6.45) is 0.822. The van der Waals surface area contributed by atoms with E-state index in [1.165, 1.54) is 12.1 Å². The maximum Gasteiger partial charge on any atom is 0.410 e. The molecule has 1 aromatic rings. The molecule has 3 rings (SSSR count). The van der Waals surface area contributed by atoms with E-state index in [1.807, 2.05) is 20.8 Å². The standard InChI is InChI=1S/C18H22BrF2NO3/c1-18(2,3)25-17(23)22-8-10-4-13(5-11(10)9-22)24-16-14(20)6-12(19)7-15(16)21/h6-7,10-11,13H,4-5,8-9H2,1-3H3. The van der Waals surface area contributed by atoms with Crippen molar-refractivity contribution in [3.05, 3.63) is 28.2 Å². The monoisotopic (exact) mass is 417 g/mol. The van der Waals surface area contributed by atoms with Gasteiger partial charge in [0.2, 0.25) is 0 Å². The second-order valence-corrected chi connectivity index (χ2v) is 8.73. The first-order valence-corrected chi connectivity index (χ1v) is 9.21. The molecular formula is C18H22BrF2NO3. The molecule has 7 heteroatoms. The number of amides is 1. The molecule has 25 heavy (non-hydrogen) atoms. The van der Waals surface area contributed by atoms with E-state index in [4.69, 9.17) is 9.47 Å². The topological polar surface area (TPSA) is 38.8 Å². The van der Waals surface area contributed by atoms with Crippen LogP contribution in [0.3, 0.4) is 0 Å². The van der Waals surface area contributed by atoms with Crippen molar-refractivity contribution in [2.45, 2.75) is 45.3 Å². The minimum atomic E-state index is -0.709. The van der Waals surface area contributed by atoms with Crippen molar-refractivity contribution < 1.29 is 23.0 Å². The molecule has 1 aliphatic carbocycles. The highest BCUT2D eigenvalue weighted by atomic mass is 79.9. The van der Waals surface area contributed by atoms with Gasteiger partial charge in [-0.3, -0.25) is 0 Å². The lowest BCUT2D eigenvalue weighted by atomic mass is 10.0. The highest BCUT2D eigenvalue weighted by Crippen LogP contribution is 2.41. The van der Waals surface area contributed by atoms with Crippen molar-refractivity contribution in [3.63, 3.8) is 0 Å². The number of nitrogens with zero attached hydrogens (tertiary/aromatic N) is 1. The van der Waals surface area contributed by atoms with Crippen LogP contribution in [0.5, 0.6) is 5.75 Å². The first-order valence-electron chi connectivity index (χ1n) is 8.41. The van der Waals surface area contributed by atoms with Gasteiger partial charge in [0.1, 0.15) is 5.60 Å². The van der Waals surface area contributed by atoms with Gasteiger partial charge in [0.25, 0.3) is 0 Å². The van der Waals surface area contributed by atoms with Crippen LogP contribution in [0.15, 0.2) is 16.6 Å². The van der Waals surface area contributed by atoms with Crippen LogP contribution in [-0.4, -0.2) is 35.8 Å². The molecule has 1 aliphatic heterocycles. The van der Waals surface area contributed by atoms with Gasteiger partial charge in [0, 0.05) is 17.6 Å². The smallest absolute Gasteiger partial charge is 0.410 e. The molecule has 1 aromatic carbocycles. The minimum Gasteiger partial charge on any atom is -0.484 e. The second-order valence-electron chi connectivity index (χ2n) is 7.82. The minimum absolute atomic E-state index is 0.235. The van der Waals surface area contributed by atoms with E-state index in [2.05, 4.69) is 15.9 Å². The largest absolute Gasteiger partial charge is 0.484 e. The van der Waals surface area contributed by atoms with Gasteiger partial charge in [-0.2, -0.15) is 0 Å². The van der Waals surface area contributed by atoms with E-state index in [9.17, 15) is 13.6 Å². The summed E-state index contributed by atoms with van der Waals surface area (Å²) in [5.74, 6) is -1.19.